The highest BCUT2D eigenvalue weighted by Gasteiger charge is 2.30. The fraction of sp³-hybridized carbons (Fsp3) is 0.370. The molecule has 0 atom stereocenters. The highest BCUT2D eigenvalue weighted by molar-refractivity contribution is 6.17. The van der Waals surface area contributed by atoms with Gasteiger partial charge in [0, 0.05) is 62.2 Å². The normalized spacial score (nSPS) is 16.7. The topological polar surface area (TPSA) is 145 Å². The van der Waals surface area contributed by atoms with Gasteiger partial charge in [0.2, 0.25) is 0 Å². The van der Waals surface area contributed by atoms with Crippen LogP contribution in [0.3, 0.4) is 0 Å². The summed E-state index contributed by atoms with van der Waals surface area (Å²) in [5, 5.41) is 27.0. The molecule has 5 N–H and O–H groups in total. The van der Waals surface area contributed by atoms with E-state index in [1.54, 1.807) is 24.3 Å². The van der Waals surface area contributed by atoms with Gasteiger partial charge in [-0.2, -0.15) is 0 Å². The van der Waals surface area contributed by atoms with Gasteiger partial charge in [0.25, 0.3) is 5.91 Å². The first kappa shape index (κ1) is 27.2. The van der Waals surface area contributed by atoms with Gasteiger partial charge in [-0.25, -0.2) is 4.39 Å². The van der Waals surface area contributed by atoms with E-state index in [9.17, 15) is 14.3 Å². The molecule has 0 saturated carbocycles. The third-order valence-corrected chi connectivity index (χ3v) is 6.64. The van der Waals surface area contributed by atoms with Gasteiger partial charge in [0.15, 0.2) is 11.6 Å². The summed E-state index contributed by atoms with van der Waals surface area (Å²) < 4.78 is 29.8. The Morgan fingerprint density at radius 2 is 1.79 bits per heavy atom. The molecule has 1 amide bonds. The molecule has 11 heteroatoms. The van der Waals surface area contributed by atoms with Gasteiger partial charge in [-0.15, -0.1) is 0 Å². The second kappa shape index (κ2) is 12.2. The minimum atomic E-state index is -0.739. The largest absolute Gasteiger partial charge is 0.506 e. The smallest absolute Gasteiger partial charge is 0.253 e. The number of rotatable bonds is 10. The van der Waals surface area contributed by atoms with Gasteiger partial charge in [-0.1, -0.05) is 12.1 Å². The van der Waals surface area contributed by atoms with Crippen molar-refractivity contribution in [3.8, 4) is 5.75 Å². The number of allylic oxidation sites excluding steroid dienone is 2. The standard InChI is InChI=1S/C27H32FN5O5/c1-36-10-11-38-25-14-23(30)20(12-21(25)28)26(31)24(34)13-22(29)17-2-4-18(5-3-17)27(35)33-8-6-32(7-9-33)19-15-37-16-19/h2-5,12-14,19,29,31,34H,6-11,15-16,30H2,1H3/b24-13-,29-22?,31-26?. The number of halogens is 1. The molecular formula is C27H32FN5O5. The van der Waals surface area contributed by atoms with Crippen molar-refractivity contribution < 1.29 is 28.5 Å². The van der Waals surface area contributed by atoms with Gasteiger partial charge >= 0.3 is 0 Å². The van der Waals surface area contributed by atoms with Crippen molar-refractivity contribution in [1.29, 1.82) is 10.8 Å². The molecule has 202 valence electrons. The number of amides is 1. The van der Waals surface area contributed by atoms with Crippen LogP contribution in [-0.4, -0.2) is 98.0 Å². The molecule has 2 aromatic carbocycles. The van der Waals surface area contributed by atoms with Crippen molar-refractivity contribution in [2.45, 2.75) is 6.04 Å². The van der Waals surface area contributed by atoms with E-state index in [0.717, 1.165) is 38.4 Å². The Hall–Kier alpha value is -3.80. The Morgan fingerprint density at radius 3 is 2.39 bits per heavy atom. The first-order valence-electron chi connectivity index (χ1n) is 12.3. The molecule has 0 unspecified atom stereocenters. The van der Waals surface area contributed by atoms with Gasteiger partial charge < -0.3 is 35.4 Å². The monoisotopic (exact) mass is 525 g/mol. The lowest BCUT2D eigenvalue weighted by Crippen LogP contribution is -2.57. The fourth-order valence-corrected chi connectivity index (χ4v) is 4.26. The number of ether oxygens (including phenoxy) is 3. The zero-order valence-electron chi connectivity index (χ0n) is 21.2. The maximum absolute atomic E-state index is 14.4. The number of nitrogen functional groups attached to an aromatic ring is 1. The van der Waals surface area contributed by atoms with Crippen LogP contribution in [0.15, 0.2) is 48.2 Å². The number of aliphatic hydroxyl groups excluding tert-OH is 1. The summed E-state index contributed by atoms with van der Waals surface area (Å²) in [6.45, 7) is 4.84. The molecule has 0 aromatic heterocycles. The van der Waals surface area contributed by atoms with Crippen LogP contribution in [0.25, 0.3) is 0 Å². The first-order chi connectivity index (χ1) is 18.3. The van der Waals surface area contributed by atoms with E-state index in [-0.39, 0.29) is 41.8 Å². The van der Waals surface area contributed by atoms with Crippen LogP contribution in [0, 0.1) is 16.6 Å². The molecule has 38 heavy (non-hydrogen) atoms. The predicted molar refractivity (Wildman–Crippen MR) is 141 cm³/mol. The highest BCUT2D eigenvalue weighted by Crippen LogP contribution is 2.26. The maximum Gasteiger partial charge on any atom is 0.253 e. The van der Waals surface area contributed by atoms with Crippen LogP contribution in [-0.2, 0) is 9.47 Å². The summed E-state index contributed by atoms with van der Waals surface area (Å²) in [6, 6.07) is 9.22. The number of hydrogen-bond donors (Lipinski definition) is 4. The molecule has 2 aliphatic heterocycles. The number of methoxy groups -OCH3 is 1. The number of piperazine rings is 1. The number of carbonyl (C=O) groups excluding carboxylic acids is 1. The van der Waals surface area contributed by atoms with Crippen molar-refractivity contribution >= 4 is 23.0 Å². The summed E-state index contributed by atoms with van der Waals surface area (Å²) in [5.74, 6) is -1.45. The highest BCUT2D eigenvalue weighted by atomic mass is 19.1. The number of hydrogen-bond acceptors (Lipinski definition) is 9. The average Bonchev–Trinajstić information content (AvgIpc) is 2.89. The van der Waals surface area contributed by atoms with Crippen LogP contribution in [0.2, 0.25) is 0 Å². The molecule has 2 aliphatic rings. The van der Waals surface area contributed by atoms with Crippen LogP contribution in [0.5, 0.6) is 5.75 Å². The maximum atomic E-state index is 14.4. The van der Waals surface area contributed by atoms with Crippen LogP contribution in [0.1, 0.15) is 21.5 Å². The van der Waals surface area contributed by atoms with E-state index >= 15 is 0 Å². The Balaban J connectivity index is 1.37. The zero-order valence-corrected chi connectivity index (χ0v) is 21.2. The number of nitrogens with zero attached hydrogens (tertiary/aromatic N) is 2. The Kier molecular flexibility index (Phi) is 8.72. The second-order valence-electron chi connectivity index (χ2n) is 9.13. The molecule has 2 heterocycles. The molecule has 0 spiro atoms. The molecule has 0 radical (unpaired) electrons. The van der Waals surface area contributed by atoms with Crippen molar-refractivity contribution in [2.24, 2.45) is 0 Å². The van der Waals surface area contributed by atoms with Crippen LogP contribution >= 0.6 is 0 Å². The van der Waals surface area contributed by atoms with Crippen molar-refractivity contribution in [1.82, 2.24) is 9.80 Å². The number of benzene rings is 2. The number of aliphatic hydroxyl groups is 1. The lowest BCUT2D eigenvalue weighted by atomic mass is 10.0. The van der Waals surface area contributed by atoms with E-state index in [4.69, 9.17) is 30.8 Å². The quantitative estimate of drug-likeness (QED) is 0.161. The van der Waals surface area contributed by atoms with E-state index in [1.165, 1.54) is 13.2 Å². The lowest BCUT2D eigenvalue weighted by molar-refractivity contribution is -0.0746. The third-order valence-electron chi connectivity index (χ3n) is 6.64. The van der Waals surface area contributed by atoms with Crippen LogP contribution < -0.4 is 10.5 Å². The van der Waals surface area contributed by atoms with Gasteiger partial charge in [0.05, 0.1) is 31.6 Å². The Labute approximate surface area is 220 Å². The third kappa shape index (κ3) is 6.18. The summed E-state index contributed by atoms with van der Waals surface area (Å²) in [7, 11) is 1.49. The van der Waals surface area contributed by atoms with E-state index < -0.39 is 17.3 Å². The number of nitrogens with one attached hydrogen (secondary N) is 2. The predicted octanol–water partition coefficient (Wildman–Crippen LogP) is 2.47. The van der Waals surface area contributed by atoms with Crippen molar-refractivity contribution in [3.05, 3.63) is 70.7 Å². The summed E-state index contributed by atoms with van der Waals surface area (Å²) in [5.41, 5.74) is 6.40. The van der Waals surface area contributed by atoms with E-state index in [1.807, 2.05) is 4.90 Å². The first-order valence-corrected chi connectivity index (χ1v) is 12.3. The van der Waals surface area contributed by atoms with E-state index in [2.05, 4.69) is 4.90 Å². The van der Waals surface area contributed by atoms with Crippen LogP contribution in [0.4, 0.5) is 10.1 Å². The molecular weight excluding hydrogens is 493 g/mol. The minimum absolute atomic E-state index is 0.0333. The Morgan fingerprint density at radius 1 is 1.13 bits per heavy atom. The summed E-state index contributed by atoms with van der Waals surface area (Å²) >= 11 is 0. The SMILES string of the molecule is COCCOc1cc(N)c(C(=N)/C(O)=C/C(=N)c2ccc(C(=O)N3CCN(C4COC4)CC3)cc2)cc1F. The molecule has 10 nitrogen and oxygen atoms in total. The number of carbonyl (C=O) groups is 1. The average molecular weight is 526 g/mol. The van der Waals surface area contributed by atoms with Crippen molar-refractivity contribution in [2.75, 3.05) is 65.5 Å². The molecule has 0 bridgehead atoms. The molecule has 2 fully saturated rings. The minimum Gasteiger partial charge on any atom is -0.506 e. The summed E-state index contributed by atoms with van der Waals surface area (Å²) in [6.07, 6.45) is 1.09. The summed E-state index contributed by atoms with van der Waals surface area (Å²) in [4.78, 5) is 17.1. The number of anilines is 1. The van der Waals surface area contributed by atoms with Gasteiger partial charge in [0.1, 0.15) is 18.1 Å². The molecule has 2 aromatic rings. The van der Waals surface area contributed by atoms with Gasteiger partial charge in [-0.3, -0.25) is 15.1 Å². The lowest BCUT2D eigenvalue weighted by Gasteiger charge is -2.42. The fourth-order valence-electron chi connectivity index (χ4n) is 4.26. The molecule has 2 saturated heterocycles. The molecule has 0 aliphatic carbocycles. The Bertz CT molecular complexity index is 1220. The number of nitrogens with two attached hydrogens (primary N) is 1. The van der Waals surface area contributed by atoms with Gasteiger partial charge in [-0.05, 0) is 23.8 Å². The zero-order chi connectivity index (χ0) is 27.2. The van der Waals surface area contributed by atoms with E-state index in [0.29, 0.717) is 30.3 Å². The van der Waals surface area contributed by atoms with Crippen molar-refractivity contribution in [3.63, 3.8) is 0 Å². The molecule has 4 rings (SSSR count). The second-order valence-corrected chi connectivity index (χ2v) is 9.13.